The molecule has 1 aliphatic heterocycles. The first-order valence-electron chi connectivity index (χ1n) is 4.18. The second-order valence-corrected chi connectivity index (χ2v) is 2.85. The Kier molecular flexibility index (Phi) is 1.56. The van der Waals surface area contributed by atoms with Crippen molar-refractivity contribution in [3.05, 3.63) is 12.3 Å². The average Bonchev–Trinajstić information content (AvgIpc) is 2.50. The minimum atomic E-state index is 1.08. The van der Waals surface area contributed by atoms with Crippen LogP contribution in [0.5, 0.6) is 0 Å². The quantitative estimate of drug-likeness (QED) is 0.599. The van der Waals surface area contributed by atoms with Crippen LogP contribution in [0.4, 0.5) is 5.82 Å². The highest BCUT2D eigenvalue weighted by Gasteiger charge is 2.14. The third kappa shape index (κ3) is 1.00. The van der Waals surface area contributed by atoms with Crippen LogP contribution in [0.3, 0.4) is 0 Å². The predicted molar refractivity (Wildman–Crippen MR) is 44.7 cm³/mol. The van der Waals surface area contributed by atoms with Crippen molar-refractivity contribution in [1.29, 1.82) is 0 Å². The first-order chi connectivity index (χ1) is 5.42. The van der Waals surface area contributed by atoms with Gasteiger partial charge in [-0.25, -0.2) is 4.68 Å². The topological polar surface area (TPSA) is 21.1 Å². The summed E-state index contributed by atoms with van der Waals surface area (Å²) >= 11 is 0. The summed E-state index contributed by atoms with van der Waals surface area (Å²) in [6.45, 7) is 5.54. The molecule has 0 N–H and O–H groups in total. The Morgan fingerprint density at radius 3 is 3.27 bits per heavy atom. The molecule has 2 rings (SSSR count). The molecular formula is C8H13N3. The molecule has 3 nitrogen and oxygen atoms in total. The van der Waals surface area contributed by atoms with Crippen molar-refractivity contribution in [3.63, 3.8) is 0 Å². The van der Waals surface area contributed by atoms with Crippen LogP contribution in [0.1, 0.15) is 13.3 Å². The summed E-state index contributed by atoms with van der Waals surface area (Å²) in [7, 11) is 0. The SMILES string of the molecule is CCN1CCCn2nccc21. The lowest BCUT2D eigenvalue weighted by molar-refractivity contribution is 0.522. The zero-order chi connectivity index (χ0) is 7.68. The summed E-state index contributed by atoms with van der Waals surface area (Å²) in [4.78, 5) is 2.36. The van der Waals surface area contributed by atoms with Crippen LogP contribution in [0.15, 0.2) is 12.3 Å². The summed E-state index contributed by atoms with van der Waals surface area (Å²) in [5.41, 5.74) is 0. The second-order valence-electron chi connectivity index (χ2n) is 2.85. The van der Waals surface area contributed by atoms with Gasteiger partial charge in [-0.15, -0.1) is 0 Å². The van der Waals surface area contributed by atoms with Crippen molar-refractivity contribution in [1.82, 2.24) is 9.78 Å². The fourth-order valence-corrected chi connectivity index (χ4v) is 1.61. The second kappa shape index (κ2) is 2.57. The Hall–Kier alpha value is -0.990. The molecule has 0 aromatic carbocycles. The van der Waals surface area contributed by atoms with Crippen molar-refractivity contribution in [2.45, 2.75) is 19.9 Å². The van der Waals surface area contributed by atoms with Crippen molar-refractivity contribution in [3.8, 4) is 0 Å². The number of rotatable bonds is 1. The maximum Gasteiger partial charge on any atom is 0.126 e. The molecule has 0 fully saturated rings. The third-order valence-electron chi connectivity index (χ3n) is 2.20. The van der Waals surface area contributed by atoms with E-state index in [4.69, 9.17) is 0 Å². The van der Waals surface area contributed by atoms with Gasteiger partial charge in [-0.05, 0) is 13.3 Å². The van der Waals surface area contributed by atoms with Crippen molar-refractivity contribution >= 4 is 5.82 Å². The summed E-state index contributed by atoms with van der Waals surface area (Å²) in [6.07, 6.45) is 3.10. The van der Waals surface area contributed by atoms with E-state index in [0.717, 1.165) is 13.1 Å². The van der Waals surface area contributed by atoms with Crippen LogP contribution in [-0.2, 0) is 6.54 Å². The molecule has 0 aliphatic carbocycles. The van der Waals surface area contributed by atoms with Crippen LogP contribution >= 0.6 is 0 Å². The maximum absolute atomic E-state index is 4.23. The van der Waals surface area contributed by atoms with Crippen molar-refractivity contribution in [2.24, 2.45) is 0 Å². The molecule has 0 radical (unpaired) electrons. The molecule has 11 heavy (non-hydrogen) atoms. The monoisotopic (exact) mass is 151 g/mol. The standard InChI is InChI=1S/C8H13N3/c1-2-10-6-3-7-11-8(10)4-5-9-11/h4-5H,2-3,6-7H2,1H3. The van der Waals surface area contributed by atoms with E-state index in [1.807, 2.05) is 6.20 Å². The summed E-state index contributed by atoms with van der Waals surface area (Å²) < 4.78 is 2.08. The number of nitrogens with zero attached hydrogens (tertiary/aromatic N) is 3. The molecule has 0 saturated carbocycles. The molecule has 2 heterocycles. The first-order valence-corrected chi connectivity index (χ1v) is 4.18. The van der Waals surface area contributed by atoms with Crippen LogP contribution in [0, 0.1) is 0 Å². The van der Waals surface area contributed by atoms with Gasteiger partial charge in [0, 0.05) is 25.7 Å². The van der Waals surface area contributed by atoms with E-state index in [2.05, 4.69) is 27.7 Å². The minimum Gasteiger partial charge on any atom is -0.357 e. The number of aryl methyl sites for hydroxylation is 1. The smallest absolute Gasteiger partial charge is 0.126 e. The number of hydrogen-bond donors (Lipinski definition) is 0. The zero-order valence-electron chi connectivity index (χ0n) is 6.82. The number of anilines is 1. The summed E-state index contributed by atoms with van der Waals surface area (Å²) in [5.74, 6) is 1.28. The number of fused-ring (bicyclic) bond motifs is 1. The Bertz CT molecular complexity index is 241. The van der Waals surface area contributed by atoms with E-state index < -0.39 is 0 Å². The molecular weight excluding hydrogens is 138 g/mol. The first kappa shape index (κ1) is 6.70. The molecule has 0 saturated heterocycles. The van der Waals surface area contributed by atoms with Crippen molar-refractivity contribution in [2.75, 3.05) is 18.0 Å². The van der Waals surface area contributed by atoms with Gasteiger partial charge in [-0.1, -0.05) is 0 Å². The highest BCUT2D eigenvalue weighted by Crippen LogP contribution is 2.18. The molecule has 0 bridgehead atoms. The molecule has 0 atom stereocenters. The van der Waals surface area contributed by atoms with Gasteiger partial charge in [0.2, 0.25) is 0 Å². The molecule has 60 valence electrons. The fourth-order valence-electron chi connectivity index (χ4n) is 1.61. The largest absolute Gasteiger partial charge is 0.357 e. The van der Waals surface area contributed by atoms with E-state index in [1.54, 1.807) is 0 Å². The van der Waals surface area contributed by atoms with Gasteiger partial charge >= 0.3 is 0 Å². The van der Waals surface area contributed by atoms with Crippen LogP contribution < -0.4 is 4.90 Å². The van der Waals surface area contributed by atoms with Gasteiger partial charge in [0.05, 0.1) is 6.20 Å². The number of aromatic nitrogens is 2. The van der Waals surface area contributed by atoms with Gasteiger partial charge in [-0.3, -0.25) is 0 Å². The molecule has 3 heteroatoms. The predicted octanol–water partition coefficient (Wildman–Crippen LogP) is 1.11. The average molecular weight is 151 g/mol. The molecule has 0 unspecified atom stereocenters. The lowest BCUT2D eigenvalue weighted by atomic mass is 10.3. The number of hydrogen-bond acceptors (Lipinski definition) is 2. The summed E-state index contributed by atoms with van der Waals surface area (Å²) in [5, 5.41) is 4.23. The fraction of sp³-hybridized carbons (Fsp3) is 0.625. The van der Waals surface area contributed by atoms with E-state index >= 15 is 0 Å². The van der Waals surface area contributed by atoms with Crippen LogP contribution in [0.2, 0.25) is 0 Å². The van der Waals surface area contributed by atoms with E-state index in [-0.39, 0.29) is 0 Å². The Morgan fingerprint density at radius 1 is 1.55 bits per heavy atom. The molecule has 1 aromatic heterocycles. The lowest BCUT2D eigenvalue weighted by Gasteiger charge is -2.27. The molecule has 1 aliphatic rings. The zero-order valence-corrected chi connectivity index (χ0v) is 6.82. The van der Waals surface area contributed by atoms with E-state index in [0.29, 0.717) is 0 Å². The molecule has 0 amide bonds. The Balaban J connectivity index is 2.32. The van der Waals surface area contributed by atoms with Crippen molar-refractivity contribution < 1.29 is 0 Å². The van der Waals surface area contributed by atoms with Gasteiger partial charge in [-0.2, -0.15) is 5.10 Å². The third-order valence-corrected chi connectivity index (χ3v) is 2.20. The normalized spacial score (nSPS) is 16.6. The Morgan fingerprint density at radius 2 is 2.45 bits per heavy atom. The van der Waals surface area contributed by atoms with E-state index in [1.165, 1.54) is 18.8 Å². The summed E-state index contributed by atoms with van der Waals surface area (Å²) in [6, 6.07) is 2.09. The van der Waals surface area contributed by atoms with E-state index in [9.17, 15) is 0 Å². The lowest BCUT2D eigenvalue weighted by Crippen LogP contribution is -2.31. The van der Waals surface area contributed by atoms with Crippen LogP contribution in [-0.4, -0.2) is 22.9 Å². The van der Waals surface area contributed by atoms with Crippen LogP contribution in [0.25, 0.3) is 0 Å². The van der Waals surface area contributed by atoms with Gasteiger partial charge in [0.1, 0.15) is 5.82 Å². The molecule has 1 aromatic rings. The van der Waals surface area contributed by atoms with Gasteiger partial charge in [0.15, 0.2) is 0 Å². The minimum absolute atomic E-state index is 1.08. The highest BCUT2D eigenvalue weighted by molar-refractivity contribution is 5.39. The molecule has 0 spiro atoms. The highest BCUT2D eigenvalue weighted by atomic mass is 15.4. The maximum atomic E-state index is 4.23. The van der Waals surface area contributed by atoms with Gasteiger partial charge in [0.25, 0.3) is 0 Å². The Labute approximate surface area is 66.6 Å². The van der Waals surface area contributed by atoms with Gasteiger partial charge < -0.3 is 4.90 Å².